The quantitative estimate of drug-likeness (QED) is 0.172. The molecule has 8 nitrogen and oxygen atoms in total. The molecule has 0 aromatic carbocycles. The van der Waals surface area contributed by atoms with E-state index in [1.165, 1.54) is 0 Å². The Kier molecular flexibility index (Phi) is 8.24. The monoisotopic (exact) mass is 464 g/mol. The van der Waals surface area contributed by atoms with E-state index in [2.05, 4.69) is 20.8 Å². The fourth-order valence-corrected chi connectivity index (χ4v) is 1.97. The van der Waals surface area contributed by atoms with Crippen LogP contribution in [0, 0.1) is 0 Å². The lowest BCUT2D eigenvalue weighted by atomic mass is 10.2. The molecule has 0 aliphatic rings. The van der Waals surface area contributed by atoms with Crippen LogP contribution in [-0.4, -0.2) is 61.3 Å². The molecule has 0 amide bonds. The Labute approximate surface area is 159 Å². The number of rotatable bonds is 10. The SMILES string of the molecule is C=C(C)C(=O)OC(OCCC(F)(F)C(F)(F)S(=O)(=O)O)(C(=O)OCC)C(F)(F)F. The van der Waals surface area contributed by atoms with E-state index in [-0.39, 0.29) is 0 Å². The van der Waals surface area contributed by atoms with E-state index in [4.69, 9.17) is 4.55 Å². The lowest BCUT2D eigenvalue weighted by Crippen LogP contribution is -2.59. The second-order valence-electron chi connectivity index (χ2n) is 5.30. The van der Waals surface area contributed by atoms with Gasteiger partial charge in [0.05, 0.1) is 13.2 Å². The molecule has 0 radical (unpaired) electrons. The van der Waals surface area contributed by atoms with E-state index in [0.717, 1.165) is 13.8 Å². The fourth-order valence-electron chi connectivity index (χ4n) is 1.49. The van der Waals surface area contributed by atoms with E-state index < -0.39 is 70.4 Å². The molecule has 1 N–H and O–H groups in total. The topological polar surface area (TPSA) is 116 Å². The first-order valence-corrected chi connectivity index (χ1v) is 8.70. The Morgan fingerprint density at radius 3 is 1.90 bits per heavy atom. The van der Waals surface area contributed by atoms with Crippen molar-refractivity contribution < 1.29 is 67.5 Å². The minimum atomic E-state index is -6.66. The molecule has 0 fully saturated rings. The first kappa shape index (κ1) is 27.1. The number of carbonyl (C=O) groups is 2. The summed E-state index contributed by atoms with van der Waals surface area (Å²) in [6.45, 7) is 2.02. The first-order valence-electron chi connectivity index (χ1n) is 7.26. The molecule has 0 rings (SSSR count). The van der Waals surface area contributed by atoms with Crippen LogP contribution in [0.1, 0.15) is 20.3 Å². The number of esters is 2. The summed E-state index contributed by atoms with van der Waals surface area (Å²) >= 11 is 0. The van der Waals surface area contributed by atoms with E-state index >= 15 is 0 Å². The van der Waals surface area contributed by atoms with E-state index in [0.29, 0.717) is 0 Å². The summed E-state index contributed by atoms with van der Waals surface area (Å²) in [6, 6.07) is 0. The molecule has 0 spiro atoms. The fraction of sp³-hybridized carbons (Fsp3) is 0.692. The van der Waals surface area contributed by atoms with Crippen molar-refractivity contribution in [3.63, 3.8) is 0 Å². The van der Waals surface area contributed by atoms with E-state index in [1.807, 2.05) is 0 Å². The standard InChI is InChI=1S/C13H15F7O8S/c1-4-26-9(22)11(12(16,17)18,28-8(21)7(2)3)27-6-5-10(14,15)13(19,20)29(23,24)25/h2,4-6H2,1,3H3,(H,23,24,25). The maximum absolute atomic E-state index is 13.4. The molecular weight excluding hydrogens is 449 g/mol. The largest absolute Gasteiger partial charge is 0.468 e. The number of hydrogen-bond donors (Lipinski definition) is 1. The van der Waals surface area contributed by atoms with Crippen LogP contribution >= 0.6 is 0 Å². The van der Waals surface area contributed by atoms with Crippen LogP contribution in [-0.2, 0) is 33.9 Å². The number of alkyl halides is 7. The summed E-state index contributed by atoms with van der Waals surface area (Å²) < 4.78 is 134. The van der Waals surface area contributed by atoms with Gasteiger partial charge in [-0.25, -0.2) is 9.59 Å². The highest BCUT2D eigenvalue weighted by Crippen LogP contribution is 2.42. The van der Waals surface area contributed by atoms with Gasteiger partial charge in [-0.05, 0) is 13.8 Å². The predicted molar refractivity (Wildman–Crippen MR) is 78.3 cm³/mol. The van der Waals surface area contributed by atoms with Crippen molar-refractivity contribution in [1.82, 2.24) is 0 Å². The van der Waals surface area contributed by atoms with Gasteiger partial charge in [-0.3, -0.25) is 4.55 Å². The highest BCUT2D eigenvalue weighted by Gasteiger charge is 2.69. The van der Waals surface area contributed by atoms with Gasteiger partial charge in [0.1, 0.15) is 0 Å². The molecule has 0 aliphatic heterocycles. The molecule has 1 atom stereocenters. The second-order valence-corrected chi connectivity index (χ2v) is 6.76. The normalized spacial score (nSPS) is 15.4. The minimum Gasteiger partial charge on any atom is -0.461 e. The minimum absolute atomic E-state index is 0.685. The maximum atomic E-state index is 13.4. The lowest BCUT2D eigenvalue weighted by molar-refractivity contribution is -0.357. The van der Waals surface area contributed by atoms with Crippen molar-refractivity contribution in [3.8, 4) is 0 Å². The van der Waals surface area contributed by atoms with Gasteiger partial charge in [0.25, 0.3) is 0 Å². The summed E-state index contributed by atoms with van der Waals surface area (Å²) in [7, 11) is -6.66. The molecule has 0 heterocycles. The summed E-state index contributed by atoms with van der Waals surface area (Å²) in [5.74, 6) is -14.6. The Morgan fingerprint density at radius 2 is 1.55 bits per heavy atom. The van der Waals surface area contributed by atoms with Gasteiger partial charge in [-0.1, -0.05) is 6.58 Å². The zero-order valence-corrected chi connectivity index (χ0v) is 15.5. The summed E-state index contributed by atoms with van der Waals surface area (Å²) in [5.41, 5.74) is -0.685. The third kappa shape index (κ3) is 5.79. The third-order valence-electron chi connectivity index (χ3n) is 2.97. The van der Waals surface area contributed by atoms with Gasteiger partial charge in [0, 0.05) is 12.0 Å². The Balaban J connectivity index is 5.93. The summed E-state index contributed by atoms with van der Waals surface area (Å²) in [5, 5.41) is -6.09. The number of carbonyl (C=O) groups excluding carboxylic acids is 2. The smallest absolute Gasteiger partial charge is 0.461 e. The van der Waals surface area contributed by atoms with Gasteiger partial charge in [0.15, 0.2) is 0 Å². The highest BCUT2D eigenvalue weighted by molar-refractivity contribution is 7.87. The third-order valence-corrected chi connectivity index (χ3v) is 3.92. The van der Waals surface area contributed by atoms with Crippen LogP contribution in [0.2, 0.25) is 0 Å². The highest BCUT2D eigenvalue weighted by atomic mass is 32.2. The van der Waals surface area contributed by atoms with Gasteiger partial charge < -0.3 is 14.2 Å². The molecule has 0 bridgehead atoms. The lowest BCUT2D eigenvalue weighted by Gasteiger charge is -2.33. The van der Waals surface area contributed by atoms with Crippen molar-refractivity contribution in [3.05, 3.63) is 12.2 Å². The van der Waals surface area contributed by atoms with E-state index in [1.54, 1.807) is 0 Å². The molecule has 170 valence electrons. The average molecular weight is 464 g/mol. The van der Waals surface area contributed by atoms with Gasteiger partial charge in [-0.15, -0.1) is 0 Å². The van der Waals surface area contributed by atoms with Gasteiger partial charge in [0.2, 0.25) is 0 Å². The van der Waals surface area contributed by atoms with Crippen LogP contribution in [0.4, 0.5) is 30.7 Å². The van der Waals surface area contributed by atoms with Gasteiger partial charge in [-0.2, -0.15) is 39.2 Å². The number of halogens is 7. The summed E-state index contributed by atoms with van der Waals surface area (Å²) in [4.78, 5) is 23.2. The van der Waals surface area contributed by atoms with Crippen molar-refractivity contribution in [2.75, 3.05) is 13.2 Å². The average Bonchev–Trinajstić information content (AvgIpc) is 2.51. The van der Waals surface area contributed by atoms with Crippen molar-refractivity contribution in [2.45, 2.75) is 43.4 Å². The predicted octanol–water partition coefficient (Wildman–Crippen LogP) is 2.45. The van der Waals surface area contributed by atoms with Crippen LogP contribution < -0.4 is 0 Å². The van der Waals surface area contributed by atoms with Crippen LogP contribution in [0.3, 0.4) is 0 Å². The Morgan fingerprint density at radius 1 is 1.07 bits per heavy atom. The molecule has 1 unspecified atom stereocenters. The van der Waals surface area contributed by atoms with Gasteiger partial charge >= 0.3 is 45.2 Å². The van der Waals surface area contributed by atoms with Crippen molar-refractivity contribution in [1.29, 1.82) is 0 Å². The molecule has 0 saturated carbocycles. The van der Waals surface area contributed by atoms with Crippen molar-refractivity contribution in [2.24, 2.45) is 0 Å². The van der Waals surface area contributed by atoms with Crippen molar-refractivity contribution >= 4 is 22.1 Å². The first-order chi connectivity index (χ1) is 12.8. The van der Waals surface area contributed by atoms with E-state index in [9.17, 15) is 48.7 Å². The molecule has 0 saturated heterocycles. The number of hydrogen-bond acceptors (Lipinski definition) is 7. The Hall–Kier alpha value is -1.94. The van der Waals surface area contributed by atoms with Crippen LogP contribution in [0.15, 0.2) is 12.2 Å². The molecule has 0 aliphatic carbocycles. The maximum Gasteiger partial charge on any atom is 0.468 e. The molecule has 0 aromatic heterocycles. The summed E-state index contributed by atoms with van der Waals surface area (Å²) in [6.07, 6.45) is -8.38. The molecule has 0 aromatic rings. The molecular formula is C13H15F7O8S. The molecule has 16 heteroatoms. The number of ether oxygens (including phenoxy) is 3. The Bertz CT molecular complexity index is 747. The zero-order valence-electron chi connectivity index (χ0n) is 14.7. The van der Waals surface area contributed by atoms with Crippen LogP contribution in [0.5, 0.6) is 0 Å². The second kappa shape index (κ2) is 8.83. The molecule has 29 heavy (non-hydrogen) atoms. The van der Waals surface area contributed by atoms with Crippen LogP contribution in [0.25, 0.3) is 0 Å². The zero-order chi connectivity index (χ0) is 23.5.